The van der Waals surface area contributed by atoms with E-state index >= 15 is 0 Å². The minimum atomic E-state index is -0.376. The minimum absolute atomic E-state index is 0.132. The average molecular weight is 343 g/mol. The van der Waals surface area contributed by atoms with Gasteiger partial charge >= 0.3 is 0 Å². The molecule has 19 heavy (non-hydrogen) atoms. The third-order valence-electron chi connectivity index (χ3n) is 2.72. The molecule has 0 spiro atoms. The van der Waals surface area contributed by atoms with Gasteiger partial charge in [-0.2, -0.15) is 0 Å². The molecule has 1 fully saturated rings. The van der Waals surface area contributed by atoms with E-state index in [9.17, 15) is 4.79 Å². The van der Waals surface area contributed by atoms with E-state index in [1.807, 2.05) is 0 Å². The number of aromatic amines is 1. The molecule has 0 bridgehead atoms. The molecule has 98 valence electrons. The zero-order valence-corrected chi connectivity index (χ0v) is 12.0. The fraction of sp³-hybridized carbons (Fsp3) is 0.273. The van der Waals surface area contributed by atoms with Gasteiger partial charge in [0.05, 0.1) is 16.4 Å². The second kappa shape index (κ2) is 4.90. The second-order valence-electron chi connectivity index (χ2n) is 4.27. The molecule has 2 aromatic heterocycles. The Kier molecular flexibility index (Phi) is 3.24. The molecule has 0 unspecified atom stereocenters. The summed E-state index contributed by atoms with van der Waals surface area (Å²) in [4.78, 5) is 20.0. The summed E-state index contributed by atoms with van der Waals surface area (Å²) in [6.45, 7) is 0. The Morgan fingerprint density at radius 1 is 1.53 bits per heavy atom. The van der Waals surface area contributed by atoms with E-state index < -0.39 is 0 Å². The Morgan fingerprint density at radius 2 is 2.32 bits per heavy atom. The van der Waals surface area contributed by atoms with Gasteiger partial charge in [-0.3, -0.25) is 9.89 Å². The molecule has 8 heteroatoms. The quantitative estimate of drug-likeness (QED) is 0.840. The van der Waals surface area contributed by atoms with Crippen molar-refractivity contribution in [3.8, 4) is 0 Å². The maximum atomic E-state index is 11.9. The first-order chi connectivity index (χ1) is 9.13. The molecule has 2 N–H and O–H groups in total. The fourth-order valence-electron chi connectivity index (χ4n) is 1.59. The Balaban J connectivity index is 1.74. The molecule has 0 radical (unpaired) electrons. The molecule has 2 heterocycles. The molecular weight excluding hydrogens is 334 g/mol. The van der Waals surface area contributed by atoms with Crippen LogP contribution in [0.3, 0.4) is 0 Å². The van der Waals surface area contributed by atoms with Crippen LogP contribution < -0.4 is 5.32 Å². The topological polar surface area (TPSA) is 83.6 Å². The first-order valence-corrected chi connectivity index (χ1v) is 6.85. The highest BCUT2D eigenvalue weighted by atomic mass is 79.9. The number of rotatable bonds is 3. The van der Waals surface area contributed by atoms with Crippen LogP contribution in [0.2, 0.25) is 5.15 Å². The van der Waals surface area contributed by atoms with Gasteiger partial charge in [0.1, 0.15) is 11.0 Å². The summed E-state index contributed by atoms with van der Waals surface area (Å²) in [7, 11) is 0. The third kappa shape index (κ3) is 2.76. The lowest BCUT2D eigenvalue weighted by Crippen LogP contribution is -2.14. The molecular formula is C11H9BrClN5O. The number of halogens is 2. The monoisotopic (exact) mass is 341 g/mol. The summed E-state index contributed by atoms with van der Waals surface area (Å²) in [5.74, 6) is 0.966. The second-order valence-corrected chi connectivity index (χ2v) is 5.48. The summed E-state index contributed by atoms with van der Waals surface area (Å²) in [6.07, 6.45) is 3.67. The van der Waals surface area contributed by atoms with Crippen LogP contribution in [-0.2, 0) is 0 Å². The van der Waals surface area contributed by atoms with Gasteiger partial charge < -0.3 is 5.32 Å². The van der Waals surface area contributed by atoms with Crippen molar-refractivity contribution in [2.75, 3.05) is 5.32 Å². The number of anilines is 1. The smallest absolute Gasteiger partial charge is 0.295 e. The van der Waals surface area contributed by atoms with Gasteiger partial charge in [-0.05, 0) is 34.8 Å². The van der Waals surface area contributed by atoms with Crippen molar-refractivity contribution in [3.05, 3.63) is 33.5 Å². The SMILES string of the molecule is O=C(Nc1cnc(Cl)c(Br)c1)c1n[nH]c(C2CC2)n1. The summed E-state index contributed by atoms with van der Waals surface area (Å²) >= 11 is 9.02. The van der Waals surface area contributed by atoms with Crippen LogP contribution in [0.4, 0.5) is 5.69 Å². The number of hydrogen-bond donors (Lipinski definition) is 2. The minimum Gasteiger partial charge on any atom is -0.318 e. The average Bonchev–Trinajstić information content (AvgIpc) is 3.11. The van der Waals surface area contributed by atoms with Gasteiger partial charge in [0.25, 0.3) is 5.91 Å². The molecule has 0 atom stereocenters. The Morgan fingerprint density at radius 3 is 3.00 bits per heavy atom. The number of carbonyl (C=O) groups is 1. The zero-order chi connectivity index (χ0) is 13.4. The summed E-state index contributed by atoms with van der Waals surface area (Å²) in [6, 6.07) is 1.67. The molecule has 6 nitrogen and oxygen atoms in total. The maximum absolute atomic E-state index is 11.9. The predicted octanol–water partition coefficient (Wildman–Crippen LogP) is 2.75. The van der Waals surface area contributed by atoms with Gasteiger partial charge in [0, 0.05) is 5.92 Å². The number of carbonyl (C=O) groups excluding carboxylic acids is 1. The van der Waals surface area contributed by atoms with E-state index in [1.54, 1.807) is 6.07 Å². The largest absolute Gasteiger partial charge is 0.318 e. The number of hydrogen-bond acceptors (Lipinski definition) is 4. The number of nitrogens with zero attached hydrogens (tertiary/aromatic N) is 3. The normalized spacial score (nSPS) is 14.4. The molecule has 1 aliphatic carbocycles. The van der Waals surface area contributed by atoms with E-state index in [0.717, 1.165) is 18.7 Å². The highest BCUT2D eigenvalue weighted by Gasteiger charge is 2.28. The van der Waals surface area contributed by atoms with E-state index in [-0.39, 0.29) is 11.7 Å². The van der Waals surface area contributed by atoms with Gasteiger partial charge in [0.2, 0.25) is 5.82 Å². The van der Waals surface area contributed by atoms with Crippen LogP contribution >= 0.6 is 27.5 Å². The van der Waals surface area contributed by atoms with Gasteiger partial charge in [-0.1, -0.05) is 11.6 Å². The maximum Gasteiger partial charge on any atom is 0.295 e. The van der Waals surface area contributed by atoms with Crippen molar-refractivity contribution in [2.45, 2.75) is 18.8 Å². The van der Waals surface area contributed by atoms with Crippen LogP contribution in [0.15, 0.2) is 16.7 Å². The van der Waals surface area contributed by atoms with Crippen molar-refractivity contribution in [3.63, 3.8) is 0 Å². The number of aromatic nitrogens is 4. The van der Waals surface area contributed by atoms with Crippen LogP contribution in [0.25, 0.3) is 0 Å². The van der Waals surface area contributed by atoms with Crippen LogP contribution in [0.5, 0.6) is 0 Å². The zero-order valence-electron chi connectivity index (χ0n) is 9.65. The number of pyridine rings is 1. The van der Waals surface area contributed by atoms with Crippen LogP contribution in [0.1, 0.15) is 35.2 Å². The third-order valence-corrected chi connectivity index (χ3v) is 3.86. The summed E-state index contributed by atoms with van der Waals surface area (Å²) < 4.78 is 0.612. The van der Waals surface area contributed by atoms with Crippen molar-refractivity contribution in [1.82, 2.24) is 20.2 Å². The van der Waals surface area contributed by atoms with Crippen molar-refractivity contribution in [2.24, 2.45) is 0 Å². The molecule has 0 aliphatic heterocycles. The number of amides is 1. The number of H-pyrrole nitrogens is 1. The Hall–Kier alpha value is -1.47. The first-order valence-electron chi connectivity index (χ1n) is 5.68. The van der Waals surface area contributed by atoms with Crippen LogP contribution in [0, 0.1) is 0 Å². The Bertz CT molecular complexity index is 640. The molecule has 1 saturated carbocycles. The van der Waals surface area contributed by atoms with Crippen molar-refractivity contribution < 1.29 is 4.79 Å². The molecule has 1 amide bonds. The number of nitrogens with one attached hydrogen (secondary N) is 2. The van der Waals surface area contributed by atoms with E-state index in [1.165, 1.54) is 6.20 Å². The lowest BCUT2D eigenvalue weighted by Gasteiger charge is -2.03. The van der Waals surface area contributed by atoms with E-state index in [0.29, 0.717) is 21.2 Å². The molecule has 3 rings (SSSR count). The standard InChI is InChI=1S/C11H9BrClN5O/c12-7-3-6(4-14-8(7)13)15-11(19)10-16-9(17-18-10)5-1-2-5/h3-5H,1-2H2,(H,15,19)(H,16,17,18). The van der Waals surface area contributed by atoms with E-state index in [2.05, 4.69) is 41.4 Å². The molecule has 0 aromatic carbocycles. The highest BCUT2D eigenvalue weighted by Crippen LogP contribution is 2.37. The predicted molar refractivity (Wildman–Crippen MR) is 73.3 cm³/mol. The van der Waals surface area contributed by atoms with Gasteiger partial charge in [-0.15, -0.1) is 5.10 Å². The first kappa shape index (κ1) is 12.6. The van der Waals surface area contributed by atoms with Gasteiger partial charge in [0.15, 0.2) is 0 Å². The van der Waals surface area contributed by atoms with Gasteiger partial charge in [-0.25, -0.2) is 9.97 Å². The highest BCUT2D eigenvalue weighted by molar-refractivity contribution is 9.10. The molecule has 0 saturated heterocycles. The lowest BCUT2D eigenvalue weighted by atomic mass is 10.4. The Labute approximate surface area is 122 Å². The van der Waals surface area contributed by atoms with Crippen LogP contribution in [-0.4, -0.2) is 26.1 Å². The van der Waals surface area contributed by atoms with Crippen molar-refractivity contribution in [1.29, 1.82) is 0 Å². The molecule has 1 aliphatic rings. The fourth-order valence-corrected chi connectivity index (χ4v) is 2.04. The molecule has 2 aromatic rings. The van der Waals surface area contributed by atoms with Crippen molar-refractivity contribution >= 4 is 39.1 Å². The van der Waals surface area contributed by atoms with E-state index in [4.69, 9.17) is 11.6 Å². The summed E-state index contributed by atoms with van der Waals surface area (Å²) in [5, 5.41) is 9.70. The lowest BCUT2D eigenvalue weighted by molar-refractivity contribution is 0.101. The summed E-state index contributed by atoms with van der Waals surface area (Å²) in [5.41, 5.74) is 0.527.